The molecule has 0 saturated heterocycles. The lowest BCUT2D eigenvalue weighted by Gasteiger charge is -2.13. The van der Waals surface area contributed by atoms with Crippen LogP contribution in [-0.4, -0.2) is 31.0 Å². The molecule has 0 aromatic carbocycles. The van der Waals surface area contributed by atoms with Gasteiger partial charge < -0.3 is 4.84 Å². The Bertz CT molecular complexity index is 641. The third-order valence-corrected chi connectivity index (χ3v) is 3.37. The van der Waals surface area contributed by atoms with E-state index in [-0.39, 0.29) is 23.6 Å². The molecule has 0 bridgehead atoms. The number of aromatic amines is 1. The molecule has 0 atom stereocenters. The van der Waals surface area contributed by atoms with Gasteiger partial charge in [0.25, 0.3) is 5.56 Å². The molecular formula is C10H16N2O5S. The van der Waals surface area contributed by atoms with Crippen molar-refractivity contribution < 1.29 is 13.3 Å². The highest BCUT2D eigenvalue weighted by atomic mass is 32.2. The van der Waals surface area contributed by atoms with Crippen molar-refractivity contribution in [2.75, 3.05) is 12.9 Å². The van der Waals surface area contributed by atoms with Gasteiger partial charge in [-0.3, -0.25) is 9.78 Å². The third-order valence-electron chi connectivity index (χ3n) is 2.25. The van der Waals surface area contributed by atoms with Crippen molar-refractivity contribution in [3.8, 4) is 0 Å². The van der Waals surface area contributed by atoms with Gasteiger partial charge in [0.05, 0.1) is 5.56 Å². The van der Waals surface area contributed by atoms with Crippen LogP contribution in [0, 0.1) is 0 Å². The number of nitrogens with one attached hydrogen (secondary N) is 1. The lowest BCUT2D eigenvalue weighted by atomic mass is 10.3. The largest absolute Gasteiger partial charge is 0.408 e. The second kappa shape index (κ2) is 5.38. The number of rotatable bonds is 5. The summed E-state index contributed by atoms with van der Waals surface area (Å²) < 4.78 is 24.1. The zero-order valence-corrected chi connectivity index (χ0v) is 11.3. The Morgan fingerprint density at radius 1 is 1.28 bits per heavy atom. The molecule has 1 N–H and O–H groups in total. The molecule has 0 radical (unpaired) electrons. The van der Waals surface area contributed by atoms with Crippen molar-refractivity contribution in [2.45, 2.75) is 31.7 Å². The number of aromatic nitrogens is 2. The van der Waals surface area contributed by atoms with Crippen LogP contribution in [0.4, 0.5) is 0 Å². The molecular weight excluding hydrogens is 260 g/mol. The molecule has 0 fully saturated rings. The van der Waals surface area contributed by atoms with Crippen molar-refractivity contribution in [2.24, 2.45) is 0 Å². The molecule has 0 unspecified atom stereocenters. The van der Waals surface area contributed by atoms with Crippen molar-refractivity contribution in [1.29, 1.82) is 0 Å². The minimum Gasteiger partial charge on any atom is -0.408 e. The molecule has 1 heterocycles. The summed E-state index contributed by atoms with van der Waals surface area (Å²) in [4.78, 5) is 30.3. The van der Waals surface area contributed by atoms with Crippen molar-refractivity contribution in [1.82, 2.24) is 9.71 Å². The van der Waals surface area contributed by atoms with Gasteiger partial charge in [0.15, 0.2) is 14.9 Å². The number of H-pyrrole nitrogens is 1. The Kier molecular flexibility index (Phi) is 4.33. The van der Waals surface area contributed by atoms with Gasteiger partial charge in [0, 0.05) is 6.26 Å². The molecule has 1 aromatic rings. The highest BCUT2D eigenvalue weighted by molar-refractivity contribution is 7.90. The van der Waals surface area contributed by atoms with Gasteiger partial charge in [-0.25, -0.2) is 13.2 Å². The van der Waals surface area contributed by atoms with E-state index in [0.29, 0.717) is 11.2 Å². The summed E-state index contributed by atoms with van der Waals surface area (Å²) in [5.41, 5.74) is -1.56. The maximum atomic E-state index is 11.7. The highest BCUT2D eigenvalue weighted by Crippen LogP contribution is 2.09. The lowest BCUT2D eigenvalue weighted by Crippen LogP contribution is -2.40. The summed E-state index contributed by atoms with van der Waals surface area (Å²) in [5.74, 6) is 0. The van der Waals surface area contributed by atoms with Crippen molar-refractivity contribution in [3.63, 3.8) is 0 Å². The van der Waals surface area contributed by atoms with Crippen LogP contribution in [-0.2, 0) is 16.3 Å². The number of nitrogens with zero attached hydrogens (tertiary/aromatic N) is 1. The smallest absolute Gasteiger partial charge is 0.362 e. The molecule has 0 aliphatic carbocycles. The van der Waals surface area contributed by atoms with Gasteiger partial charge in [-0.15, -0.1) is 4.73 Å². The van der Waals surface area contributed by atoms with Crippen molar-refractivity contribution >= 4 is 9.84 Å². The fourth-order valence-electron chi connectivity index (χ4n) is 1.52. The zero-order chi connectivity index (χ0) is 13.9. The molecule has 1 rings (SSSR count). The van der Waals surface area contributed by atoms with Crippen molar-refractivity contribution in [3.05, 3.63) is 26.4 Å². The fraction of sp³-hybridized carbons (Fsp3) is 0.600. The summed E-state index contributed by atoms with van der Waals surface area (Å²) in [6.07, 6.45) is 1.73. The maximum Gasteiger partial charge on any atom is 0.362 e. The number of sulfone groups is 1. The van der Waals surface area contributed by atoms with Crippen LogP contribution in [0.5, 0.6) is 0 Å². The van der Waals surface area contributed by atoms with E-state index in [4.69, 9.17) is 4.84 Å². The average Bonchev–Trinajstić information content (AvgIpc) is 2.25. The molecule has 0 spiro atoms. The first-order valence-electron chi connectivity index (χ1n) is 5.54. The van der Waals surface area contributed by atoms with E-state index in [1.54, 1.807) is 6.92 Å². The topological polar surface area (TPSA) is 98.2 Å². The normalized spacial score (nSPS) is 11.5. The molecule has 8 heteroatoms. The van der Waals surface area contributed by atoms with Crippen LogP contribution in [0.15, 0.2) is 14.6 Å². The Balaban J connectivity index is 3.68. The van der Waals surface area contributed by atoms with E-state index in [1.165, 1.54) is 0 Å². The molecule has 0 amide bonds. The fourth-order valence-corrected chi connectivity index (χ4v) is 2.64. The molecule has 7 nitrogen and oxygen atoms in total. The highest BCUT2D eigenvalue weighted by Gasteiger charge is 2.23. The maximum absolute atomic E-state index is 11.7. The van der Waals surface area contributed by atoms with Gasteiger partial charge in [0.2, 0.25) is 0 Å². The first kappa shape index (κ1) is 14.5. The van der Waals surface area contributed by atoms with Crippen LogP contribution in [0.2, 0.25) is 0 Å². The second-order valence-corrected chi connectivity index (χ2v) is 5.73. The van der Waals surface area contributed by atoms with E-state index in [9.17, 15) is 18.0 Å². The molecule has 1 aromatic heterocycles. The number of hydrogen-bond acceptors (Lipinski definition) is 5. The van der Waals surface area contributed by atoms with E-state index in [0.717, 1.165) is 6.26 Å². The summed E-state index contributed by atoms with van der Waals surface area (Å²) >= 11 is 0. The molecule has 0 saturated carbocycles. The predicted molar refractivity (Wildman–Crippen MR) is 65.5 cm³/mol. The average molecular weight is 276 g/mol. The Morgan fingerprint density at radius 2 is 1.89 bits per heavy atom. The standard InChI is InChI=1S/C10H16N2O5S/c1-4-6-17-12-9(18(3,15)16)7(5-2)8(13)11-10(12)14/h4-6H2,1-3H3,(H,11,13,14). The van der Waals surface area contributed by atoms with E-state index in [2.05, 4.69) is 0 Å². The predicted octanol–water partition coefficient (Wildman–Crippen LogP) is -0.659. The molecule has 0 aliphatic rings. The first-order valence-corrected chi connectivity index (χ1v) is 7.43. The monoisotopic (exact) mass is 276 g/mol. The van der Waals surface area contributed by atoms with Gasteiger partial charge in [-0.2, -0.15) is 0 Å². The Hall–Kier alpha value is -1.57. The van der Waals surface area contributed by atoms with Gasteiger partial charge >= 0.3 is 5.69 Å². The van der Waals surface area contributed by atoms with Crippen LogP contribution >= 0.6 is 0 Å². The SMILES string of the molecule is CCCOn1c(S(C)(=O)=O)c(CC)c(=O)[nH]c1=O. The van der Waals surface area contributed by atoms with Crippen LogP contribution in [0.3, 0.4) is 0 Å². The van der Waals surface area contributed by atoms with Crippen LogP contribution in [0.25, 0.3) is 0 Å². The lowest BCUT2D eigenvalue weighted by molar-refractivity contribution is 0.0777. The second-order valence-electron chi connectivity index (χ2n) is 3.80. The van der Waals surface area contributed by atoms with E-state index < -0.39 is 21.1 Å². The minimum atomic E-state index is -3.73. The number of hydrogen-bond donors (Lipinski definition) is 1. The minimum absolute atomic E-state index is 0.0215. The summed E-state index contributed by atoms with van der Waals surface area (Å²) in [6.45, 7) is 3.63. The Labute approximate surface area is 104 Å². The van der Waals surface area contributed by atoms with Crippen LogP contribution in [0.1, 0.15) is 25.8 Å². The van der Waals surface area contributed by atoms with Gasteiger partial charge in [-0.05, 0) is 12.8 Å². The third kappa shape index (κ3) is 2.81. The summed E-state index contributed by atoms with van der Waals surface area (Å²) in [6, 6.07) is 0. The zero-order valence-electron chi connectivity index (χ0n) is 10.5. The van der Waals surface area contributed by atoms with E-state index in [1.807, 2.05) is 11.9 Å². The van der Waals surface area contributed by atoms with Gasteiger partial charge in [-0.1, -0.05) is 13.8 Å². The van der Waals surface area contributed by atoms with Crippen LogP contribution < -0.4 is 16.1 Å². The quantitative estimate of drug-likeness (QED) is 0.720. The van der Waals surface area contributed by atoms with Gasteiger partial charge in [0.1, 0.15) is 6.61 Å². The first-order chi connectivity index (χ1) is 8.32. The molecule has 102 valence electrons. The Morgan fingerprint density at radius 3 is 2.33 bits per heavy atom. The summed E-state index contributed by atoms with van der Waals surface area (Å²) in [5, 5.41) is -0.368. The van der Waals surface area contributed by atoms with E-state index >= 15 is 0 Å². The molecule has 0 aliphatic heterocycles. The molecule has 18 heavy (non-hydrogen) atoms. The summed E-state index contributed by atoms with van der Waals surface area (Å²) in [7, 11) is -3.73.